The van der Waals surface area contributed by atoms with Gasteiger partial charge in [0.1, 0.15) is 0 Å². The molecule has 0 spiro atoms. The highest BCUT2D eigenvalue weighted by Gasteiger charge is 2.19. The third-order valence-corrected chi connectivity index (χ3v) is 3.21. The van der Waals surface area contributed by atoms with E-state index in [2.05, 4.69) is 0 Å². The van der Waals surface area contributed by atoms with Crippen molar-refractivity contribution in [3.63, 3.8) is 0 Å². The SMILES string of the molecule is CCN(CC)C(=O)CC(O)CC(O)c1ccccc1. The Bertz CT molecular complexity index is 376. The van der Waals surface area contributed by atoms with Gasteiger partial charge in [0.15, 0.2) is 0 Å². The Hall–Kier alpha value is -1.39. The van der Waals surface area contributed by atoms with Gasteiger partial charge < -0.3 is 15.1 Å². The maximum Gasteiger partial charge on any atom is 0.225 e. The van der Waals surface area contributed by atoms with Gasteiger partial charge in [0.25, 0.3) is 0 Å². The molecule has 0 aliphatic rings. The van der Waals surface area contributed by atoms with Gasteiger partial charge in [-0.1, -0.05) is 30.3 Å². The van der Waals surface area contributed by atoms with Crippen molar-refractivity contribution in [2.24, 2.45) is 0 Å². The molecule has 1 amide bonds. The molecule has 0 fully saturated rings. The predicted octanol–water partition coefficient (Wildman–Crippen LogP) is 1.73. The predicted molar refractivity (Wildman–Crippen MR) is 74.6 cm³/mol. The van der Waals surface area contributed by atoms with Crippen molar-refractivity contribution in [3.05, 3.63) is 35.9 Å². The van der Waals surface area contributed by atoms with Crippen molar-refractivity contribution in [1.82, 2.24) is 4.90 Å². The van der Waals surface area contributed by atoms with Crippen LogP contribution in [0.25, 0.3) is 0 Å². The molecule has 0 radical (unpaired) electrons. The minimum Gasteiger partial charge on any atom is -0.392 e. The smallest absolute Gasteiger partial charge is 0.225 e. The van der Waals surface area contributed by atoms with Crippen molar-refractivity contribution < 1.29 is 15.0 Å². The van der Waals surface area contributed by atoms with Crippen molar-refractivity contribution in [3.8, 4) is 0 Å². The molecule has 0 saturated heterocycles. The van der Waals surface area contributed by atoms with Gasteiger partial charge >= 0.3 is 0 Å². The molecule has 1 rings (SSSR count). The van der Waals surface area contributed by atoms with Crippen molar-refractivity contribution in [1.29, 1.82) is 0 Å². The Morgan fingerprint density at radius 2 is 1.74 bits per heavy atom. The van der Waals surface area contributed by atoms with E-state index in [9.17, 15) is 15.0 Å². The lowest BCUT2D eigenvalue weighted by Gasteiger charge is -2.21. The lowest BCUT2D eigenvalue weighted by Crippen LogP contribution is -2.33. The number of hydrogen-bond donors (Lipinski definition) is 2. The van der Waals surface area contributed by atoms with Gasteiger partial charge in [0.05, 0.1) is 18.6 Å². The highest BCUT2D eigenvalue weighted by atomic mass is 16.3. The minimum atomic E-state index is -0.816. The third-order valence-electron chi connectivity index (χ3n) is 3.21. The molecule has 1 aromatic carbocycles. The third kappa shape index (κ3) is 5.01. The molecular formula is C15H23NO3. The molecule has 2 unspecified atom stereocenters. The highest BCUT2D eigenvalue weighted by molar-refractivity contribution is 5.76. The molecule has 4 nitrogen and oxygen atoms in total. The summed E-state index contributed by atoms with van der Waals surface area (Å²) in [6.07, 6.45) is -1.31. The number of hydrogen-bond acceptors (Lipinski definition) is 3. The number of carbonyl (C=O) groups excluding carboxylic acids is 1. The number of nitrogens with zero attached hydrogens (tertiary/aromatic N) is 1. The Morgan fingerprint density at radius 3 is 2.26 bits per heavy atom. The van der Waals surface area contributed by atoms with Crippen LogP contribution in [0, 0.1) is 0 Å². The first-order valence-corrected chi connectivity index (χ1v) is 6.77. The summed E-state index contributed by atoms with van der Waals surface area (Å²) in [6.45, 7) is 5.10. The Balaban J connectivity index is 2.47. The molecule has 19 heavy (non-hydrogen) atoms. The molecule has 2 N–H and O–H groups in total. The van der Waals surface area contributed by atoms with E-state index < -0.39 is 12.2 Å². The number of rotatable bonds is 7. The fraction of sp³-hybridized carbons (Fsp3) is 0.533. The van der Waals surface area contributed by atoms with Crippen molar-refractivity contribution >= 4 is 5.91 Å². The van der Waals surface area contributed by atoms with E-state index >= 15 is 0 Å². The number of aliphatic hydroxyl groups excluding tert-OH is 2. The molecule has 106 valence electrons. The molecule has 4 heteroatoms. The summed E-state index contributed by atoms with van der Waals surface area (Å²) >= 11 is 0. The van der Waals surface area contributed by atoms with E-state index in [0.29, 0.717) is 13.1 Å². The number of benzene rings is 1. The number of amides is 1. The second-order valence-corrected chi connectivity index (χ2v) is 4.59. The number of carbonyl (C=O) groups is 1. The zero-order valence-corrected chi connectivity index (χ0v) is 11.6. The van der Waals surface area contributed by atoms with Crippen molar-refractivity contribution in [2.75, 3.05) is 13.1 Å². The van der Waals surface area contributed by atoms with Gasteiger partial charge in [0.2, 0.25) is 5.91 Å². The maximum atomic E-state index is 11.8. The van der Waals surface area contributed by atoms with Crippen LogP contribution in [0.1, 0.15) is 38.4 Å². The quantitative estimate of drug-likeness (QED) is 0.789. The van der Waals surface area contributed by atoms with Crippen LogP contribution in [0.2, 0.25) is 0 Å². The Labute approximate surface area is 114 Å². The molecule has 0 heterocycles. The molecule has 0 aliphatic carbocycles. The fourth-order valence-electron chi connectivity index (χ4n) is 2.06. The van der Waals surface area contributed by atoms with Gasteiger partial charge in [-0.2, -0.15) is 0 Å². The molecule has 2 atom stereocenters. The lowest BCUT2D eigenvalue weighted by molar-refractivity contribution is -0.133. The Kier molecular flexibility index (Phi) is 6.53. The summed E-state index contributed by atoms with van der Waals surface area (Å²) in [6, 6.07) is 9.17. The van der Waals surface area contributed by atoms with Crippen LogP contribution in [-0.4, -0.2) is 40.2 Å². The largest absolute Gasteiger partial charge is 0.392 e. The summed E-state index contributed by atoms with van der Waals surface area (Å²) in [4.78, 5) is 13.5. The number of aliphatic hydroxyl groups is 2. The summed E-state index contributed by atoms with van der Waals surface area (Å²) < 4.78 is 0. The topological polar surface area (TPSA) is 60.8 Å². The highest BCUT2D eigenvalue weighted by Crippen LogP contribution is 2.19. The van der Waals surface area contributed by atoms with E-state index in [-0.39, 0.29) is 18.7 Å². The van der Waals surface area contributed by atoms with Crippen LogP contribution in [0.5, 0.6) is 0 Å². The van der Waals surface area contributed by atoms with E-state index in [1.54, 1.807) is 4.90 Å². The van der Waals surface area contributed by atoms with Gasteiger partial charge in [0, 0.05) is 19.5 Å². The summed E-state index contributed by atoms with van der Waals surface area (Å²) in [5, 5.41) is 19.9. The van der Waals surface area contributed by atoms with Gasteiger partial charge in [-0.15, -0.1) is 0 Å². The van der Waals surface area contributed by atoms with Gasteiger partial charge in [-0.05, 0) is 19.4 Å². The van der Waals surface area contributed by atoms with Crippen LogP contribution < -0.4 is 0 Å². The fourth-order valence-corrected chi connectivity index (χ4v) is 2.06. The van der Waals surface area contributed by atoms with Crippen LogP contribution in [-0.2, 0) is 4.79 Å². The average molecular weight is 265 g/mol. The maximum absolute atomic E-state index is 11.8. The van der Waals surface area contributed by atoms with Crippen LogP contribution in [0.15, 0.2) is 30.3 Å². The summed E-state index contributed by atoms with van der Waals surface area (Å²) in [5.74, 6) is -0.0715. The minimum absolute atomic E-state index is 0.0611. The molecular weight excluding hydrogens is 242 g/mol. The molecule has 0 aliphatic heterocycles. The molecule has 1 aromatic rings. The van der Waals surface area contributed by atoms with Crippen LogP contribution >= 0.6 is 0 Å². The zero-order valence-electron chi connectivity index (χ0n) is 11.6. The van der Waals surface area contributed by atoms with E-state index in [1.165, 1.54) is 0 Å². The molecule has 0 aromatic heterocycles. The summed E-state index contributed by atoms with van der Waals surface area (Å²) in [5.41, 5.74) is 0.761. The van der Waals surface area contributed by atoms with Gasteiger partial charge in [-0.25, -0.2) is 0 Å². The van der Waals surface area contributed by atoms with E-state index in [1.807, 2.05) is 44.2 Å². The summed E-state index contributed by atoms with van der Waals surface area (Å²) in [7, 11) is 0. The zero-order chi connectivity index (χ0) is 14.3. The normalized spacial score (nSPS) is 13.9. The van der Waals surface area contributed by atoms with Crippen molar-refractivity contribution in [2.45, 2.75) is 38.9 Å². The molecule has 0 saturated carbocycles. The first-order valence-electron chi connectivity index (χ1n) is 6.77. The second-order valence-electron chi connectivity index (χ2n) is 4.59. The standard InChI is InChI=1S/C15H23NO3/c1-3-16(4-2)15(19)11-13(17)10-14(18)12-8-6-5-7-9-12/h5-9,13-14,17-18H,3-4,10-11H2,1-2H3. The second kappa shape index (κ2) is 7.92. The lowest BCUT2D eigenvalue weighted by atomic mass is 10.0. The first-order chi connectivity index (χ1) is 9.08. The first kappa shape index (κ1) is 15.7. The van der Waals surface area contributed by atoms with Crippen LogP contribution in [0.4, 0.5) is 0 Å². The molecule has 0 bridgehead atoms. The average Bonchev–Trinajstić information content (AvgIpc) is 2.40. The van der Waals surface area contributed by atoms with E-state index in [0.717, 1.165) is 5.56 Å². The Morgan fingerprint density at radius 1 is 1.16 bits per heavy atom. The van der Waals surface area contributed by atoms with Crippen LogP contribution in [0.3, 0.4) is 0 Å². The van der Waals surface area contributed by atoms with E-state index in [4.69, 9.17) is 0 Å². The monoisotopic (exact) mass is 265 g/mol. The van der Waals surface area contributed by atoms with Gasteiger partial charge in [-0.3, -0.25) is 4.79 Å².